The van der Waals surface area contributed by atoms with E-state index in [0.29, 0.717) is 17.9 Å². The number of carbonyl (C=O) groups excluding carboxylic acids is 1. The van der Waals surface area contributed by atoms with Crippen molar-refractivity contribution < 1.29 is 18.0 Å². The quantitative estimate of drug-likeness (QED) is 0.614. The molecule has 0 unspecified atom stereocenters. The van der Waals surface area contributed by atoms with Gasteiger partial charge in [-0.25, -0.2) is 18.2 Å². The van der Waals surface area contributed by atoms with Crippen LogP contribution in [0.3, 0.4) is 0 Å². The first kappa shape index (κ1) is 20.8. The smallest absolute Gasteiger partial charge is 0.260 e. The third-order valence-electron chi connectivity index (χ3n) is 5.45. The molecule has 1 aliphatic rings. The summed E-state index contributed by atoms with van der Waals surface area (Å²) in [7, 11) is 0. The van der Waals surface area contributed by atoms with E-state index < -0.39 is 46.2 Å². The first-order chi connectivity index (χ1) is 14.6. The summed E-state index contributed by atoms with van der Waals surface area (Å²) in [5.74, 6) is -5.06. The van der Waals surface area contributed by atoms with Gasteiger partial charge in [-0.3, -0.25) is 14.2 Å². The third-order valence-corrected chi connectivity index (χ3v) is 5.45. The summed E-state index contributed by atoms with van der Waals surface area (Å²) in [4.78, 5) is 33.1. The van der Waals surface area contributed by atoms with Gasteiger partial charge in [-0.2, -0.15) is 4.98 Å². The fourth-order valence-electron chi connectivity index (χ4n) is 3.61. The van der Waals surface area contributed by atoms with E-state index in [1.54, 1.807) is 13.8 Å². The molecule has 1 aliphatic carbocycles. The first-order valence-corrected chi connectivity index (χ1v) is 9.76. The zero-order valence-electron chi connectivity index (χ0n) is 17.0. The van der Waals surface area contributed by atoms with Gasteiger partial charge in [0, 0.05) is 29.1 Å². The van der Waals surface area contributed by atoms with Gasteiger partial charge < -0.3 is 11.1 Å². The van der Waals surface area contributed by atoms with Crippen LogP contribution in [0.2, 0.25) is 0 Å². The Labute approximate surface area is 175 Å². The van der Waals surface area contributed by atoms with Crippen molar-refractivity contribution in [2.45, 2.75) is 33.2 Å². The minimum atomic E-state index is -1.57. The molecular formula is C21H20F3N5O2. The lowest BCUT2D eigenvalue weighted by Gasteiger charge is -2.16. The van der Waals surface area contributed by atoms with Gasteiger partial charge in [0.25, 0.3) is 5.56 Å². The van der Waals surface area contributed by atoms with Crippen molar-refractivity contribution in [1.29, 1.82) is 0 Å². The lowest BCUT2D eigenvalue weighted by molar-refractivity contribution is -0.117. The van der Waals surface area contributed by atoms with Gasteiger partial charge in [-0.1, -0.05) is 6.92 Å². The van der Waals surface area contributed by atoms with Gasteiger partial charge in [0.05, 0.1) is 5.56 Å². The second-order valence-electron chi connectivity index (χ2n) is 8.05. The molecule has 0 saturated heterocycles. The summed E-state index contributed by atoms with van der Waals surface area (Å²) >= 11 is 0. The lowest BCUT2D eigenvalue weighted by atomic mass is 10.0. The number of nitrogens with one attached hydrogen (secondary N) is 1. The van der Waals surface area contributed by atoms with Crippen molar-refractivity contribution in [3.8, 4) is 11.1 Å². The van der Waals surface area contributed by atoms with Gasteiger partial charge in [0.2, 0.25) is 11.9 Å². The number of amides is 1. The second kappa shape index (κ2) is 7.36. The minimum absolute atomic E-state index is 0.0533. The number of pyridine rings is 1. The molecule has 162 valence electrons. The number of benzene rings is 1. The van der Waals surface area contributed by atoms with E-state index in [0.717, 1.165) is 0 Å². The van der Waals surface area contributed by atoms with Crippen LogP contribution >= 0.6 is 0 Å². The summed E-state index contributed by atoms with van der Waals surface area (Å²) in [6.07, 6.45) is 1.95. The molecule has 3 N–H and O–H groups in total. The van der Waals surface area contributed by atoms with E-state index in [-0.39, 0.29) is 29.0 Å². The maximum absolute atomic E-state index is 15.0. The van der Waals surface area contributed by atoms with Crippen LogP contribution in [0.25, 0.3) is 22.2 Å². The molecule has 10 heteroatoms. The number of hydrogen-bond donors (Lipinski definition) is 2. The van der Waals surface area contributed by atoms with Crippen molar-refractivity contribution in [3.05, 3.63) is 46.1 Å². The van der Waals surface area contributed by atoms with E-state index in [9.17, 15) is 22.8 Å². The Morgan fingerprint density at radius 1 is 1.23 bits per heavy atom. The van der Waals surface area contributed by atoms with Crippen LogP contribution in [-0.2, 0) is 4.79 Å². The van der Waals surface area contributed by atoms with Crippen molar-refractivity contribution >= 4 is 28.6 Å². The van der Waals surface area contributed by atoms with Gasteiger partial charge in [-0.05, 0) is 38.3 Å². The Balaban J connectivity index is 1.88. The molecule has 0 radical (unpaired) electrons. The van der Waals surface area contributed by atoms with Crippen LogP contribution in [0.5, 0.6) is 0 Å². The number of nitrogens with two attached hydrogens (primary N) is 1. The molecule has 2 aromatic heterocycles. The molecule has 3 aromatic rings. The predicted molar refractivity (Wildman–Crippen MR) is 110 cm³/mol. The number of nitrogens with zero attached hydrogens (tertiary/aromatic N) is 3. The Morgan fingerprint density at radius 3 is 2.52 bits per heavy atom. The van der Waals surface area contributed by atoms with E-state index in [4.69, 9.17) is 5.73 Å². The first-order valence-electron chi connectivity index (χ1n) is 9.76. The molecule has 0 bridgehead atoms. The minimum Gasteiger partial charge on any atom is -0.368 e. The Hall–Kier alpha value is -3.43. The molecule has 1 fully saturated rings. The SMILES string of the molecule is CC(C)n1c(=O)c(-c2cc(F)c(NC(=O)[C@H]3C[C@@H]3C)c(F)c2F)cc2cnc(N)nc21. The summed E-state index contributed by atoms with van der Waals surface area (Å²) in [6.45, 7) is 5.24. The highest BCUT2D eigenvalue weighted by Gasteiger charge is 2.40. The largest absolute Gasteiger partial charge is 0.368 e. The van der Waals surface area contributed by atoms with Gasteiger partial charge >= 0.3 is 0 Å². The summed E-state index contributed by atoms with van der Waals surface area (Å²) in [5, 5.41) is 2.47. The van der Waals surface area contributed by atoms with E-state index in [1.807, 2.05) is 6.92 Å². The topological polar surface area (TPSA) is 103 Å². The van der Waals surface area contributed by atoms with Crippen molar-refractivity contribution in [1.82, 2.24) is 14.5 Å². The average molecular weight is 431 g/mol. The fourth-order valence-corrected chi connectivity index (χ4v) is 3.61. The Kier molecular flexibility index (Phi) is 4.95. The molecular weight excluding hydrogens is 411 g/mol. The highest BCUT2D eigenvalue weighted by molar-refractivity contribution is 5.95. The molecule has 4 rings (SSSR count). The normalized spacial score (nSPS) is 17.9. The van der Waals surface area contributed by atoms with Crippen molar-refractivity contribution in [2.24, 2.45) is 11.8 Å². The van der Waals surface area contributed by atoms with Crippen LogP contribution < -0.4 is 16.6 Å². The fraction of sp³-hybridized carbons (Fsp3) is 0.333. The molecule has 31 heavy (non-hydrogen) atoms. The van der Waals surface area contributed by atoms with Gasteiger partial charge in [-0.15, -0.1) is 0 Å². The molecule has 0 spiro atoms. The number of nitrogen functional groups attached to an aromatic ring is 1. The van der Waals surface area contributed by atoms with E-state index in [1.165, 1.54) is 16.8 Å². The Bertz CT molecular complexity index is 1290. The highest BCUT2D eigenvalue weighted by Crippen LogP contribution is 2.39. The number of carbonyl (C=O) groups is 1. The zero-order valence-corrected chi connectivity index (χ0v) is 17.0. The van der Waals surface area contributed by atoms with E-state index in [2.05, 4.69) is 15.3 Å². The molecule has 1 amide bonds. The third kappa shape index (κ3) is 3.51. The van der Waals surface area contributed by atoms with Crippen LogP contribution in [-0.4, -0.2) is 20.4 Å². The number of anilines is 2. The average Bonchev–Trinajstić information content (AvgIpc) is 3.44. The molecule has 0 aliphatic heterocycles. The number of aromatic nitrogens is 3. The number of halogens is 3. The number of hydrogen-bond acceptors (Lipinski definition) is 5. The van der Waals surface area contributed by atoms with Crippen LogP contribution in [0, 0.1) is 29.3 Å². The number of fused-ring (bicyclic) bond motifs is 1. The monoisotopic (exact) mass is 431 g/mol. The van der Waals surface area contributed by atoms with E-state index >= 15 is 0 Å². The summed E-state index contributed by atoms with van der Waals surface area (Å²) in [6, 6.07) is 1.56. The number of rotatable bonds is 4. The summed E-state index contributed by atoms with van der Waals surface area (Å²) in [5.41, 5.74) is 3.45. The predicted octanol–water partition coefficient (Wildman–Crippen LogP) is 3.63. The molecule has 2 heterocycles. The van der Waals surface area contributed by atoms with Crippen LogP contribution in [0.4, 0.5) is 24.8 Å². The molecule has 7 nitrogen and oxygen atoms in total. The Morgan fingerprint density at radius 2 is 1.90 bits per heavy atom. The maximum atomic E-state index is 15.0. The van der Waals surface area contributed by atoms with Crippen LogP contribution in [0.15, 0.2) is 23.1 Å². The second-order valence-corrected chi connectivity index (χ2v) is 8.05. The summed E-state index contributed by atoms with van der Waals surface area (Å²) < 4.78 is 45.6. The molecule has 1 aromatic carbocycles. The standard InChI is InChI=1S/C21H20F3N5O2/c1-8(2)29-18-10(7-26-21(25)28-18)5-13(20(29)31)12-6-14(22)17(16(24)15(12)23)27-19(30)11-4-9(11)3/h5-9,11H,4H2,1-3H3,(H,27,30)(H2,25,26,28)/t9-,11-/m0/s1. The van der Waals surface area contributed by atoms with Crippen molar-refractivity contribution in [3.63, 3.8) is 0 Å². The molecule has 2 atom stereocenters. The van der Waals surface area contributed by atoms with Gasteiger partial charge in [0.15, 0.2) is 17.5 Å². The zero-order chi connectivity index (χ0) is 22.6. The van der Waals surface area contributed by atoms with Gasteiger partial charge in [0.1, 0.15) is 11.3 Å². The highest BCUT2D eigenvalue weighted by atomic mass is 19.2. The maximum Gasteiger partial charge on any atom is 0.260 e. The lowest BCUT2D eigenvalue weighted by Crippen LogP contribution is -2.25. The van der Waals surface area contributed by atoms with Crippen molar-refractivity contribution in [2.75, 3.05) is 11.1 Å². The molecule has 1 saturated carbocycles. The van der Waals surface area contributed by atoms with Crippen LogP contribution in [0.1, 0.15) is 33.2 Å².